The fourth-order valence-electron chi connectivity index (χ4n) is 4.13. The largest absolute Gasteiger partial charge is 0.631 e. The molecule has 3 aliphatic rings. The molecule has 0 amide bonds. The lowest BCUT2D eigenvalue weighted by Gasteiger charge is -2.21. The third-order valence-electron chi connectivity index (χ3n) is 7.42. The number of hydrogen-bond acceptors (Lipinski definition) is 9. The Morgan fingerprint density at radius 3 is 0.677 bits per heavy atom. The van der Waals surface area contributed by atoms with E-state index in [0.717, 1.165) is 18.1 Å². The minimum Gasteiger partial charge on any atom is -0.402 e. The molecule has 0 aromatic rings. The lowest BCUT2D eigenvalue weighted by atomic mass is 10.3. The first-order chi connectivity index (χ1) is 14.1. The second kappa shape index (κ2) is 14.1. The van der Waals surface area contributed by atoms with Crippen molar-refractivity contribution >= 4 is 7.32 Å². The predicted octanol–water partition coefficient (Wildman–Crippen LogP) is -0.257. The van der Waals surface area contributed by atoms with Crippen molar-refractivity contribution in [2.75, 3.05) is 61.9 Å². The highest BCUT2D eigenvalue weighted by molar-refractivity contribution is 6.30. The van der Waals surface area contributed by atoms with Gasteiger partial charge in [0.15, 0.2) is 0 Å². The Bertz CT molecular complexity index is 391. The zero-order valence-corrected chi connectivity index (χ0v) is 22.2. The molecule has 3 rings (SSSR count). The van der Waals surface area contributed by atoms with Gasteiger partial charge in [-0.2, -0.15) is 0 Å². The van der Waals surface area contributed by atoms with E-state index < -0.39 is 7.32 Å². The summed E-state index contributed by atoms with van der Waals surface area (Å²) in [4.78, 5) is 14.3. The molecule has 9 nitrogen and oxygen atoms in total. The maximum absolute atomic E-state index is 7.17. The molecule has 0 aliphatic carbocycles. The van der Waals surface area contributed by atoms with E-state index in [1.54, 1.807) is 0 Å². The van der Waals surface area contributed by atoms with Gasteiger partial charge in [-0.25, -0.2) is 0 Å². The summed E-state index contributed by atoms with van der Waals surface area (Å²) < 4.78 is 0. The maximum atomic E-state index is 7.17. The van der Waals surface area contributed by atoms with E-state index in [9.17, 15) is 0 Å². The van der Waals surface area contributed by atoms with E-state index in [1.807, 2.05) is 0 Å². The lowest BCUT2D eigenvalue weighted by molar-refractivity contribution is 0.192. The summed E-state index contributed by atoms with van der Waals surface area (Å²) in [5.74, 6) is 0. The maximum Gasteiger partial charge on any atom is 0.631 e. The van der Waals surface area contributed by atoms with Crippen molar-refractivity contribution in [3.8, 4) is 0 Å². The average molecular weight is 446 g/mol. The van der Waals surface area contributed by atoms with Crippen LogP contribution in [0.5, 0.6) is 0 Å². The molecule has 3 N–H and O–H groups in total. The van der Waals surface area contributed by atoms with E-state index in [4.69, 9.17) is 15.1 Å². The van der Waals surface area contributed by atoms with Crippen molar-refractivity contribution in [2.24, 2.45) is 0 Å². The van der Waals surface area contributed by atoms with Gasteiger partial charge in [-0.15, -0.1) is 0 Å². The number of rotatable bonds is 0. The summed E-state index contributed by atoms with van der Waals surface area (Å²) >= 11 is 0. The number of nitrogens with zero attached hydrogens (tertiary/aromatic N) is 6. The van der Waals surface area contributed by atoms with Crippen LogP contribution in [0, 0.1) is 0 Å². The molecule has 3 saturated heterocycles. The Kier molecular flexibility index (Phi) is 13.9. The van der Waals surface area contributed by atoms with Crippen LogP contribution in [0.3, 0.4) is 0 Å². The molecule has 10 heteroatoms. The molecule has 3 heterocycles. The highest BCUT2D eigenvalue weighted by Gasteiger charge is 2.29. The molecule has 6 unspecified atom stereocenters. The first kappa shape index (κ1) is 30.7. The van der Waals surface area contributed by atoms with Crippen molar-refractivity contribution in [3.63, 3.8) is 0 Å². The molecular formula is C21H51BN6O3. The third-order valence-corrected chi connectivity index (χ3v) is 7.42. The SMILES string of the molecule is CC1CN(C)C(C)N1C.CC1CN(C)C(C)N1C.CC1CN(C)C(C)N1C.OB(O)O. The van der Waals surface area contributed by atoms with Crippen LogP contribution in [0.1, 0.15) is 41.5 Å². The van der Waals surface area contributed by atoms with Gasteiger partial charge in [0.1, 0.15) is 0 Å². The summed E-state index contributed by atoms with van der Waals surface area (Å²) in [5.41, 5.74) is 0. The van der Waals surface area contributed by atoms with E-state index in [-0.39, 0.29) is 0 Å². The van der Waals surface area contributed by atoms with Crippen LogP contribution in [0.25, 0.3) is 0 Å². The zero-order chi connectivity index (χ0) is 24.6. The molecule has 186 valence electrons. The average Bonchev–Trinajstić information content (AvgIpc) is 3.13. The van der Waals surface area contributed by atoms with Crippen LogP contribution in [-0.4, -0.2) is 150 Å². The highest BCUT2D eigenvalue weighted by Crippen LogP contribution is 2.16. The van der Waals surface area contributed by atoms with Crippen molar-refractivity contribution in [3.05, 3.63) is 0 Å². The Morgan fingerprint density at radius 1 is 0.484 bits per heavy atom. The van der Waals surface area contributed by atoms with Crippen molar-refractivity contribution in [1.82, 2.24) is 29.4 Å². The fourth-order valence-corrected chi connectivity index (χ4v) is 4.13. The van der Waals surface area contributed by atoms with Crippen LogP contribution in [0.2, 0.25) is 0 Å². The van der Waals surface area contributed by atoms with Gasteiger partial charge in [0.2, 0.25) is 0 Å². The Balaban J connectivity index is 0.000000402. The normalized spacial score (nSPS) is 35.7. The highest BCUT2D eigenvalue weighted by atomic mass is 16.5. The second-order valence-corrected chi connectivity index (χ2v) is 9.60. The molecule has 0 saturated carbocycles. The fraction of sp³-hybridized carbons (Fsp3) is 1.00. The number of hydrogen-bond donors (Lipinski definition) is 3. The van der Waals surface area contributed by atoms with E-state index in [2.05, 4.69) is 113 Å². The molecule has 3 fully saturated rings. The third kappa shape index (κ3) is 10.0. The van der Waals surface area contributed by atoms with Gasteiger partial charge in [0, 0.05) is 37.8 Å². The minimum absolute atomic E-state index is 0.625. The van der Waals surface area contributed by atoms with Gasteiger partial charge < -0.3 is 15.1 Å². The lowest BCUT2D eigenvalue weighted by Crippen LogP contribution is -2.32. The molecule has 3 aliphatic heterocycles. The van der Waals surface area contributed by atoms with Crippen molar-refractivity contribution in [1.29, 1.82) is 0 Å². The van der Waals surface area contributed by atoms with E-state index >= 15 is 0 Å². The van der Waals surface area contributed by atoms with E-state index in [1.165, 1.54) is 19.6 Å². The molecule has 0 radical (unpaired) electrons. The van der Waals surface area contributed by atoms with E-state index in [0.29, 0.717) is 18.5 Å². The van der Waals surface area contributed by atoms with Gasteiger partial charge in [-0.3, -0.25) is 29.4 Å². The molecular weight excluding hydrogens is 395 g/mol. The van der Waals surface area contributed by atoms with Gasteiger partial charge in [0.05, 0.1) is 18.5 Å². The Morgan fingerprint density at radius 2 is 0.645 bits per heavy atom. The predicted molar refractivity (Wildman–Crippen MR) is 130 cm³/mol. The molecule has 6 atom stereocenters. The van der Waals surface area contributed by atoms with Gasteiger partial charge in [0.25, 0.3) is 0 Å². The summed E-state index contributed by atoms with van der Waals surface area (Å²) in [7, 11) is 10.9. The Labute approximate surface area is 192 Å². The monoisotopic (exact) mass is 446 g/mol. The molecule has 31 heavy (non-hydrogen) atoms. The van der Waals surface area contributed by atoms with Crippen molar-refractivity contribution in [2.45, 2.75) is 78.2 Å². The van der Waals surface area contributed by atoms with Crippen LogP contribution in [0.4, 0.5) is 0 Å². The molecule has 0 aromatic carbocycles. The van der Waals surface area contributed by atoms with Crippen molar-refractivity contribution < 1.29 is 15.1 Å². The summed E-state index contributed by atoms with van der Waals surface area (Å²) in [6, 6.07) is 2.18. The summed E-state index contributed by atoms with van der Waals surface area (Å²) in [5, 5.41) is 21.5. The van der Waals surface area contributed by atoms with Crippen LogP contribution < -0.4 is 0 Å². The number of likely N-dealkylation sites (N-methyl/N-ethyl adjacent to an activating group) is 6. The van der Waals surface area contributed by atoms with Crippen LogP contribution in [0.15, 0.2) is 0 Å². The molecule has 0 bridgehead atoms. The zero-order valence-electron chi connectivity index (χ0n) is 22.2. The molecule has 0 aromatic heterocycles. The quantitative estimate of drug-likeness (QED) is 0.436. The summed E-state index contributed by atoms with van der Waals surface area (Å²) in [6.45, 7) is 17.1. The van der Waals surface area contributed by atoms with Gasteiger partial charge in [-0.1, -0.05) is 0 Å². The smallest absolute Gasteiger partial charge is 0.402 e. The summed E-state index contributed by atoms with van der Waals surface area (Å²) in [6.07, 6.45) is 1.87. The first-order valence-electron chi connectivity index (χ1n) is 11.4. The topological polar surface area (TPSA) is 80.1 Å². The molecule has 0 spiro atoms. The standard InChI is InChI=1S/3C7H16N2.BH3O3/c3*1-6-5-8(3)7(2)9(6)4;2-1(3)4/h3*6-7H,5H2,1-4H3;2-4H. The van der Waals surface area contributed by atoms with Crippen LogP contribution >= 0.6 is 0 Å². The Hall–Kier alpha value is -0.295. The van der Waals surface area contributed by atoms with Crippen LogP contribution in [-0.2, 0) is 0 Å². The van der Waals surface area contributed by atoms with Gasteiger partial charge in [-0.05, 0) is 83.8 Å². The minimum atomic E-state index is -2.17. The first-order valence-corrected chi connectivity index (χ1v) is 11.4. The van der Waals surface area contributed by atoms with Gasteiger partial charge >= 0.3 is 7.32 Å². The second-order valence-electron chi connectivity index (χ2n) is 9.60.